The number of aryl methyl sites for hydroxylation is 1. The van der Waals surface area contributed by atoms with Crippen LogP contribution in [0.3, 0.4) is 0 Å². The Hall–Kier alpha value is -1.91. The van der Waals surface area contributed by atoms with Gasteiger partial charge in [0.25, 0.3) is 0 Å². The Morgan fingerprint density at radius 3 is 2.81 bits per heavy atom. The van der Waals surface area contributed by atoms with Gasteiger partial charge in [-0.15, -0.1) is 0 Å². The van der Waals surface area contributed by atoms with Gasteiger partial charge in [-0.25, -0.2) is 4.98 Å². The van der Waals surface area contributed by atoms with Gasteiger partial charge in [0.05, 0.1) is 10.2 Å². The van der Waals surface area contributed by atoms with Gasteiger partial charge < -0.3 is 5.32 Å². The Morgan fingerprint density at radius 2 is 2.10 bits per heavy atom. The molecule has 106 valence electrons. The van der Waals surface area contributed by atoms with Gasteiger partial charge in [-0.2, -0.15) is 0 Å². The summed E-state index contributed by atoms with van der Waals surface area (Å²) in [5.74, 6) is -0.115. The molecule has 0 unspecified atom stereocenters. The molecule has 3 nitrogen and oxygen atoms in total. The fourth-order valence-corrected chi connectivity index (χ4v) is 3.56. The number of hydrogen-bond acceptors (Lipinski definition) is 3. The number of nitrogens with one attached hydrogen (secondary N) is 1. The summed E-state index contributed by atoms with van der Waals surface area (Å²) in [6.07, 6.45) is 0. The molecule has 1 N–H and O–H groups in total. The second kappa shape index (κ2) is 5.47. The number of carbonyl (C=O) groups is 1. The third-order valence-corrected chi connectivity index (χ3v) is 4.43. The topological polar surface area (TPSA) is 42.0 Å². The Labute approximate surface area is 131 Å². The molecule has 0 aliphatic rings. The Morgan fingerprint density at radius 1 is 1.29 bits per heavy atom. The molecule has 3 aromatic rings. The molecule has 1 aromatic heterocycles. The first-order valence-corrected chi connectivity index (χ1v) is 7.68. The van der Waals surface area contributed by atoms with E-state index in [1.54, 1.807) is 0 Å². The molecule has 5 heteroatoms. The van der Waals surface area contributed by atoms with Crippen LogP contribution in [0.4, 0.5) is 5.13 Å². The minimum atomic E-state index is -0.115. The van der Waals surface area contributed by atoms with Crippen molar-refractivity contribution in [2.24, 2.45) is 0 Å². The van der Waals surface area contributed by atoms with Gasteiger partial charge in [0.1, 0.15) is 0 Å². The molecule has 0 bridgehead atoms. The average molecular weight is 317 g/mol. The van der Waals surface area contributed by atoms with Gasteiger partial charge in [0.15, 0.2) is 5.13 Å². The minimum Gasteiger partial charge on any atom is -0.302 e. The fourth-order valence-electron chi connectivity index (χ4n) is 2.28. The van der Waals surface area contributed by atoms with Crippen LogP contribution in [0.2, 0.25) is 5.02 Å². The first kappa shape index (κ1) is 14.0. The van der Waals surface area contributed by atoms with Gasteiger partial charge in [0, 0.05) is 17.5 Å². The van der Waals surface area contributed by atoms with Gasteiger partial charge >= 0.3 is 0 Å². The zero-order chi connectivity index (χ0) is 15.0. The van der Waals surface area contributed by atoms with E-state index in [0.717, 1.165) is 31.9 Å². The second-order valence-corrected chi connectivity index (χ2v) is 6.25. The van der Waals surface area contributed by atoms with Crippen LogP contribution in [0.25, 0.3) is 21.3 Å². The van der Waals surface area contributed by atoms with E-state index in [4.69, 9.17) is 11.6 Å². The summed E-state index contributed by atoms with van der Waals surface area (Å²) in [6.45, 7) is 3.52. The number of fused-ring (bicyclic) bond motifs is 1. The molecule has 0 fully saturated rings. The summed E-state index contributed by atoms with van der Waals surface area (Å²) in [6, 6.07) is 11.9. The number of benzene rings is 2. The van der Waals surface area contributed by atoms with Crippen LogP contribution in [0.15, 0.2) is 36.4 Å². The van der Waals surface area contributed by atoms with Gasteiger partial charge in [-0.3, -0.25) is 4.79 Å². The molecule has 21 heavy (non-hydrogen) atoms. The van der Waals surface area contributed by atoms with Crippen molar-refractivity contribution in [3.63, 3.8) is 0 Å². The van der Waals surface area contributed by atoms with Crippen molar-refractivity contribution in [1.29, 1.82) is 0 Å². The summed E-state index contributed by atoms with van der Waals surface area (Å²) in [5.41, 5.74) is 4.10. The quantitative estimate of drug-likeness (QED) is 0.732. The minimum absolute atomic E-state index is 0.115. The number of nitrogens with zero attached hydrogens (tertiary/aromatic N) is 1. The lowest BCUT2D eigenvalue weighted by Gasteiger charge is -2.08. The van der Waals surface area contributed by atoms with Gasteiger partial charge in [-0.05, 0) is 36.2 Å². The molecule has 0 aliphatic heterocycles. The molecule has 2 aromatic carbocycles. The van der Waals surface area contributed by atoms with E-state index in [-0.39, 0.29) is 5.91 Å². The number of aromatic nitrogens is 1. The fraction of sp³-hybridized carbons (Fsp3) is 0.125. The van der Waals surface area contributed by atoms with Crippen molar-refractivity contribution in [3.05, 3.63) is 47.0 Å². The number of rotatable bonds is 2. The summed E-state index contributed by atoms with van der Waals surface area (Å²) >= 11 is 7.78. The number of hydrogen-bond donors (Lipinski definition) is 1. The smallest absolute Gasteiger partial charge is 0.223 e. The van der Waals surface area contributed by atoms with E-state index in [1.165, 1.54) is 18.3 Å². The largest absolute Gasteiger partial charge is 0.302 e. The maximum absolute atomic E-state index is 11.1. The Balaban J connectivity index is 2.11. The maximum atomic E-state index is 11.1. The Bertz CT molecular complexity index is 821. The molecule has 0 radical (unpaired) electrons. The van der Waals surface area contributed by atoms with Gasteiger partial charge in [-0.1, -0.05) is 41.1 Å². The standard InChI is InChI=1S/C16H13ClN2OS/c1-9-4-3-5-12(17)15(9)11-6-7-13-14(8-11)21-16(19-13)18-10(2)20/h3-8H,1-2H3,(H,18,19,20). The second-order valence-electron chi connectivity index (χ2n) is 4.81. The van der Waals surface area contributed by atoms with Crippen LogP contribution in [-0.2, 0) is 4.79 Å². The highest BCUT2D eigenvalue weighted by Crippen LogP contribution is 2.35. The number of thiazole rings is 1. The van der Waals surface area contributed by atoms with Crippen molar-refractivity contribution in [2.75, 3.05) is 5.32 Å². The molecule has 3 rings (SSSR count). The molecular formula is C16H13ClN2OS. The molecule has 1 heterocycles. The third kappa shape index (κ3) is 2.77. The maximum Gasteiger partial charge on any atom is 0.223 e. The highest BCUT2D eigenvalue weighted by molar-refractivity contribution is 7.22. The van der Waals surface area contributed by atoms with Crippen LogP contribution in [0.5, 0.6) is 0 Å². The van der Waals surface area contributed by atoms with Crippen molar-refractivity contribution in [2.45, 2.75) is 13.8 Å². The normalized spacial score (nSPS) is 10.8. The molecule has 0 spiro atoms. The molecule has 1 amide bonds. The van der Waals surface area contributed by atoms with Crippen LogP contribution in [0, 0.1) is 6.92 Å². The summed E-state index contributed by atoms with van der Waals surface area (Å²) in [7, 11) is 0. The van der Waals surface area contributed by atoms with Crippen LogP contribution in [-0.4, -0.2) is 10.9 Å². The summed E-state index contributed by atoms with van der Waals surface area (Å²) in [4.78, 5) is 15.5. The molecule has 0 saturated heterocycles. The highest BCUT2D eigenvalue weighted by atomic mass is 35.5. The van der Waals surface area contributed by atoms with Crippen molar-refractivity contribution in [1.82, 2.24) is 4.98 Å². The number of amides is 1. The van der Waals surface area contributed by atoms with Crippen LogP contribution >= 0.6 is 22.9 Å². The monoisotopic (exact) mass is 316 g/mol. The van der Waals surface area contributed by atoms with E-state index >= 15 is 0 Å². The number of anilines is 1. The van der Waals surface area contributed by atoms with Gasteiger partial charge in [0.2, 0.25) is 5.91 Å². The first-order valence-electron chi connectivity index (χ1n) is 6.48. The Kier molecular flexibility index (Phi) is 3.66. The summed E-state index contributed by atoms with van der Waals surface area (Å²) in [5, 5.41) is 4.07. The van der Waals surface area contributed by atoms with Crippen molar-refractivity contribution < 1.29 is 4.79 Å². The van der Waals surface area contributed by atoms with Crippen LogP contribution < -0.4 is 5.32 Å². The zero-order valence-corrected chi connectivity index (χ0v) is 13.2. The van der Waals surface area contributed by atoms with Crippen molar-refractivity contribution >= 4 is 44.2 Å². The third-order valence-electron chi connectivity index (χ3n) is 3.18. The van der Waals surface area contributed by atoms with E-state index in [2.05, 4.69) is 16.4 Å². The predicted octanol–water partition coefficient (Wildman–Crippen LogP) is 4.88. The summed E-state index contributed by atoms with van der Waals surface area (Å²) < 4.78 is 1.02. The van der Waals surface area contributed by atoms with E-state index in [9.17, 15) is 4.79 Å². The zero-order valence-electron chi connectivity index (χ0n) is 11.6. The lowest BCUT2D eigenvalue weighted by atomic mass is 10.0. The van der Waals surface area contributed by atoms with E-state index in [0.29, 0.717) is 5.13 Å². The highest BCUT2D eigenvalue weighted by Gasteiger charge is 2.10. The molecule has 0 atom stereocenters. The van der Waals surface area contributed by atoms with Crippen LogP contribution in [0.1, 0.15) is 12.5 Å². The lowest BCUT2D eigenvalue weighted by molar-refractivity contribution is -0.114. The van der Waals surface area contributed by atoms with E-state index in [1.807, 2.05) is 37.3 Å². The number of halogens is 1. The first-order chi connectivity index (χ1) is 10.0. The SMILES string of the molecule is CC(=O)Nc1nc2ccc(-c3c(C)cccc3Cl)cc2s1. The van der Waals surface area contributed by atoms with Crippen molar-refractivity contribution in [3.8, 4) is 11.1 Å². The average Bonchev–Trinajstić information content (AvgIpc) is 2.79. The molecule has 0 aliphatic carbocycles. The van der Waals surface area contributed by atoms with E-state index < -0.39 is 0 Å². The lowest BCUT2D eigenvalue weighted by Crippen LogP contribution is -2.04. The number of carbonyl (C=O) groups excluding carboxylic acids is 1. The molecule has 0 saturated carbocycles. The predicted molar refractivity (Wildman–Crippen MR) is 89.1 cm³/mol. The molecular weight excluding hydrogens is 304 g/mol.